The van der Waals surface area contributed by atoms with Crippen LogP contribution >= 0.6 is 11.3 Å². The summed E-state index contributed by atoms with van der Waals surface area (Å²) in [6, 6.07) is 5.87. The number of rotatable bonds is 6. The van der Waals surface area contributed by atoms with Gasteiger partial charge in [-0.25, -0.2) is 0 Å². The normalized spacial score (nSPS) is 11.3. The van der Waals surface area contributed by atoms with Gasteiger partial charge in [-0.2, -0.15) is 15.9 Å². The Kier molecular flexibility index (Phi) is 4.19. The average Bonchev–Trinajstić information content (AvgIpc) is 3.33. The second-order valence-electron chi connectivity index (χ2n) is 5.86. The maximum Gasteiger partial charge on any atom is 0.186 e. The van der Waals surface area contributed by atoms with Crippen LogP contribution in [0.4, 0.5) is 5.82 Å². The molecule has 4 heterocycles. The number of fused-ring (bicyclic) bond motifs is 1. The van der Waals surface area contributed by atoms with Gasteiger partial charge in [0, 0.05) is 23.1 Å². The lowest BCUT2D eigenvalue weighted by atomic mass is 10.1. The fourth-order valence-corrected chi connectivity index (χ4v) is 3.43. The summed E-state index contributed by atoms with van der Waals surface area (Å²) in [6.07, 6.45) is 1.91. The van der Waals surface area contributed by atoms with Gasteiger partial charge in [0.05, 0.1) is 5.69 Å². The minimum Gasteiger partial charge on any atom is -0.369 e. The fraction of sp³-hybridized carbons (Fsp3) is 0.294. The van der Waals surface area contributed by atoms with Crippen LogP contribution in [0.2, 0.25) is 0 Å². The molecule has 0 aliphatic rings. The molecule has 8 heteroatoms. The van der Waals surface area contributed by atoms with Crippen LogP contribution in [0.5, 0.6) is 0 Å². The van der Waals surface area contributed by atoms with E-state index in [1.165, 1.54) is 5.56 Å². The lowest BCUT2D eigenvalue weighted by Gasteiger charge is -2.06. The Balaban J connectivity index is 1.44. The van der Waals surface area contributed by atoms with Crippen molar-refractivity contribution in [2.24, 2.45) is 0 Å². The van der Waals surface area contributed by atoms with Crippen LogP contribution in [0.15, 0.2) is 33.5 Å². The Bertz CT molecular complexity index is 969. The van der Waals surface area contributed by atoms with E-state index in [4.69, 9.17) is 4.52 Å². The molecule has 0 saturated heterocycles. The molecule has 0 fully saturated rings. The number of anilines is 1. The van der Waals surface area contributed by atoms with E-state index in [0.29, 0.717) is 0 Å². The van der Waals surface area contributed by atoms with Gasteiger partial charge >= 0.3 is 0 Å². The molecule has 0 aliphatic heterocycles. The van der Waals surface area contributed by atoms with Gasteiger partial charge in [0.15, 0.2) is 11.5 Å². The molecular weight excluding hydrogens is 336 g/mol. The minimum atomic E-state index is 0.738. The summed E-state index contributed by atoms with van der Waals surface area (Å²) >= 11 is 1.63. The number of nitrogens with zero attached hydrogens (tertiary/aromatic N) is 5. The molecule has 0 atom stereocenters. The van der Waals surface area contributed by atoms with Crippen molar-refractivity contribution in [1.29, 1.82) is 0 Å². The van der Waals surface area contributed by atoms with Crippen molar-refractivity contribution in [2.45, 2.75) is 26.7 Å². The molecule has 0 bridgehead atoms. The van der Waals surface area contributed by atoms with Crippen LogP contribution in [0.1, 0.15) is 23.4 Å². The lowest BCUT2D eigenvalue weighted by Crippen LogP contribution is -2.07. The molecule has 0 spiro atoms. The molecule has 4 aromatic heterocycles. The molecule has 0 radical (unpaired) electrons. The molecule has 7 nitrogen and oxygen atoms in total. The molecular formula is C17H18N6OS. The molecule has 1 N–H and O–H groups in total. The first-order valence-corrected chi connectivity index (χ1v) is 9.07. The standard InChI is InChI=1S/C17H18N6OS/c1-11-14(12(2)24-22-11)4-3-8-18-15-5-6-16-19-20-17(23(16)21-15)13-7-9-25-10-13/h5-7,9-10H,3-4,8H2,1-2H3,(H,18,21). The molecule has 4 rings (SSSR count). The third-order valence-electron chi connectivity index (χ3n) is 4.13. The molecule has 25 heavy (non-hydrogen) atoms. The van der Waals surface area contributed by atoms with Gasteiger partial charge in [-0.3, -0.25) is 0 Å². The van der Waals surface area contributed by atoms with Crippen molar-refractivity contribution in [2.75, 3.05) is 11.9 Å². The minimum absolute atomic E-state index is 0.738. The number of thiophene rings is 1. The molecule has 4 aromatic rings. The van der Waals surface area contributed by atoms with E-state index in [2.05, 4.69) is 25.8 Å². The SMILES string of the molecule is Cc1noc(C)c1CCCNc1ccc2nnc(-c3ccsc3)n2n1. The highest BCUT2D eigenvalue weighted by atomic mass is 32.1. The number of nitrogens with one attached hydrogen (secondary N) is 1. The largest absolute Gasteiger partial charge is 0.369 e. The summed E-state index contributed by atoms with van der Waals surface area (Å²) < 4.78 is 6.98. The third kappa shape index (κ3) is 3.12. The lowest BCUT2D eigenvalue weighted by molar-refractivity contribution is 0.392. The second-order valence-corrected chi connectivity index (χ2v) is 6.64. The third-order valence-corrected chi connectivity index (χ3v) is 4.82. The zero-order valence-electron chi connectivity index (χ0n) is 14.1. The van der Waals surface area contributed by atoms with Crippen molar-refractivity contribution in [1.82, 2.24) is 25.0 Å². The zero-order valence-corrected chi connectivity index (χ0v) is 14.9. The highest BCUT2D eigenvalue weighted by Crippen LogP contribution is 2.21. The summed E-state index contributed by atoms with van der Waals surface area (Å²) in [5, 5.41) is 24.5. The number of hydrogen-bond acceptors (Lipinski definition) is 7. The van der Waals surface area contributed by atoms with E-state index < -0.39 is 0 Å². The van der Waals surface area contributed by atoms with Gasteiger partial charge in [-0.1, -0.05) is 5.16 Å². The van der Waals surface area contributed by atoms with Gasteiger partial charge in [-0.05, 0) is 50.3 Å². The summed E-state index contributed by atoms with van der Waals surface area (Å²) in [7, 11) is 0. The Morgan fingerprint density at radius 1 is 1.20 bits per heavy atom. The highest BCUT2D eigenvalue weighted by Gasteiger charge is 2.11. The van der Waals surface area contributed by atoms with Crippen LogP contribution in [-0.4, -0.2) is 31.5 Å². The monoisotopic (exact) mass is 354 g/mol. The summed E-state index contributed by atoms with van der Waals surface area (Å²) in [5.74, 6) is 2.47. The Morgan fingerprint density at radius 2 is 2.12 bits per heavy atom. The second kappa shape index (κ2) is 6.64. The van der Waals surface area contributed by atoms with Crippen LogP contribution < -0.4 is 5.32 Å². The van der Waals surface area contributed by atoms with Crippen molar-refractivity contribution >= 4 is 22.8 Å². The summed E-state index contributed by atoms with van der Waals surface area (Å²) in [6.45, 7) is 4.75. The molecule has 0 aromatic carbocycles. The van der Waals surface area contributed by atoms with Crippen LogP contribution in [-0.2, 0) is 6.42 Å². The van der Waals surface area contributed by atoms with Gasteiger partial charge in [-0.15, -0.1) is 15.3 Å². The van der Waals surface area contributed by atoms with Gasteiger partial charge in [0.1, 0.15) is 11.6 Å². The maximum atomic E-state index is 5.20. The van der Waals surface area contributed by atoms with E-state index in [-0.39, 0.29) is 0 Å². The smallest absolute Gasteiger partial charge is 0.186 e. The maximum absolute atomic E-state index is 5.20. The van der Waals surface area contributed by atoms with E-state index in [1.807, 2.05) is 42.8 Å². The van der Waals surface area contributed by atoms with Gasteiger partial charge in [0.25, 0.3) is 0 Å². The quantitative estimate of drug-likeness (QED) is 0.534. The van der Waals surface area contributed by atoms with Crippen LogP contribution in [0.25, 0.3) is 17.0 Å². The first-order chi connectivity index (χ1) is 12.2. The number of aryl methyl sites for hydroxylation is 2. The average molecular weight is 354 g/mol. The highest BCUT2D eigenvalue weighted by molar-refractivity contribution is 7.08. The fourth-order valence-electron chi connectivity index (χ4n) is 2.80. The van der Waals surface area contributed by atoms with Crippen LogP contribution in [0.3, 0.4) is 0 Å². The molecule has 0 amide bonds. The van der Waals surface area contributed by atoms with Gasteiger partial charge < -0.3 is 9.84 Å². The first-order valence-electron chi connectivity index (χ1n) is 8.13. The Hall–Kier alpha value is -2.74. The van der Waals surface area contributed by atoms with E-state index in [0.717, 1.165) is 53.7 Å². The van der Waals surface area contributed by atoms with E-state index >= 15 is 0 Å². The predicted octanol–water partition coefficient (Wildman–Crippen LogP) is 3.50. The number of aromatic nitrogens is 5. The molecule has 0 saturated carbocycles. The molecule has 128 valence electrons. The van der Waals surface area contributed by atoms with Crippen molar-refractivity contribution < 1.29 is 4.52 Å². The predicted molar refractivity (Wildman–Crippen MR) is 96.9 cm³/mol. The van der Waals surface area contributed by atoms with E-state index in [1.54, 1.807) is 15.9 Å². The van der Waals surface area contributed by atoms with Crippen LogP contribution in [0, 0.1) is 13.8 Å². The first kappa shape index (κ1) is 15.8. The van der Waals surface area contributed by atoms with E-state index in [9.17, 15) is 0 Å². The number of hydrogen-bond donors (Lipinski definition) is 1. The van der Waals surface area contributed by atoms with Gasteiger partial charge in [0.2, 0.25) is 0 Å². The van der Waals surface area contributed by atoms with Crippen molar-refractivity contribution in [3.8, 4) is 11.4 Å². The zero-order chi connectivity index (χ0) is 17.2. The molecule has 0 aliphatic carbocycles. The summed E-state index contributed by atoms with van der Waals surface area (Å²) in [4.78, 5) is 0. The Labute approximate surface area is 148 Å². The summed E-state index contributed by atoms with van der Waals surface area (Å²) in [5.41, 5.74) is 3.94. The Morgan fingerprint density at radius 3 is 2.88 bits per heavy atom. The molecule has 0 unspecified atom stereocenters. The topological polar surface area (TPSA) is 81.1 Å². The van der Waals surface area contributed by atoms with Crippen molar-refractivity contribution in [3.63, 3.8) is 0 Å². The van der Waals surface area contributed by atoms with Crippen molar-refractivity contribution in [3.05, 3.63) is 46.0 Å².